The number of nitrogens with zero attached hydrogens (tertiary/aromatic N) is 4. The number of thioether (sulfide) groups is 1. The van der Waals surface area contributed by atoms with Crippen LogP contribution in [0.5, 0.6) is 5.75 Å². The summed E-state index contributed by atoms with van der Waals surface area (Å²) >= 11 is 1.24. The second kappa shape index (κ2) is 9.36. The van der Waals surface area contributed by atoms with Crippen LogP contribution in [0, 0.1) is 20.8 Å². The maximum absolute atomic E-state index is 12.0. The minimum Gasteiger partial charge on any atom is -0.490 e. The normalized spacial score (nSPS) is 10.7. The first-order chi connectivity index (χ1) is 13.5. The van der Waals surface area contributed by atoms with Crippen LogP contribution in [0.1, 0.15) is 16.7 Å². The van der Waals surface area contributed by atoms with Gasteiger partial charge in [0.05, 0.1) is 11.4 Å². The summed E-state index contributed by atoms with van der Waals surface area (Å²) in [5.41, 5.74) is 4.22. The zero-order valence-electron chi connectivity index (χ0n) is 16.1. The summed E-state index contributed by atoms with van der Waals surface area (Å²) in [6, 6.07) is 13.8. The van der Waals surface area contributed by atoms with E-state index in [4.69, 9.17) is 9.47 Å². The van der Waals surface area contributed by atoms with E-state index in [1.165, 1.54) is 17.3 Å². The van der Waals surface area contributed by atoms with Crippen LogP contribution in [-0.4, -0.2) is 45.1 Å². The molecular weight excluding hydrogens is 376 g/mol. The predicted molar refractivity (Wildman–Crippen MR) is 107 cm³/mol. The van der Waals surface area contributed by atoms with Crippen molar-refractivity contribution in [2.24, 2.45) is 0 Å². The molecule has 0 atom stereocenters. The Kier molecular flexibility index (Phi) is 6.65. The van der Waals surface area contributed by atoms with E-state index < -0.39 is 0 Å². The first kappa shape index (κ1) is 19.9. The van der Waals surface area contributed by atoms with Crippen LogP contribution in [0.4, 0.5) is 0 Å². The molecule has 0 saturated heterocycles. The van der Waals surface area contributed by atoms with Crippen molar-refractivity contribution < 1.29 is 14.3 Å². The first-order valence-electron chi connectivity index (χ1n) is 8.87. The number of carbonyl (C=O) groups excluding carboxylic acids is 1. The van der Waals surface area contributed by atoms with Crippen molar-refractivity contribution in [2.45, 2.75) is 25.9 Å². The molecule has 0 aliphatic heterocycles. The van der Waals surface area contributed by atoms with E-state index in [0.717, 1.165) is 22.6 Å². The molecule has 0 saturated carbocycles. The minimum absolute atomic E-state index is 0.121. The maximum Gasteiger partial charge on any atom is 0.316 e. The fourth-order valence-electron chi connectivity index (χ4n) is 2.48. The number of hydrogen-bond donors (Lipinski definition) is 0. The molecule has 0 spiro atoms. The highest BCUT2D eigenvalue weighted by Crippen LogP contribution is 2.21. The van der Waals surface area contributed by atoms with Gasteiger partial charge in [-0.05, 0) is 60.5 Å². The van der Waals surface area contributed by atoms with Crippen molar-refractivity contribution in [3.63, 3.8) is 0 Å². The predicted octanol–water partition coefficient (Wildman–Crippen LogP) is 3.30. The minimum atomic E-state index is -0.340. The zero-order valence-corrected chi connectivity index (χ0v) is 16.9. The van der Waals surface area contributed by atoms with Crippen molar-refractivity contribution in [1.82, 2.24) is 20.2 Å². The van der Waals surface area contributed by atoms with Crippen LogP contribution >= 0.6 is 11.8 Å². The summed E-state index contributed by atoms with van der Waals surface area (Å²) in [4.78, 5) is 12.0. The Morgan fingerprint density at radius 3 is 2.57 bits per heavy atom. The Morgan fingerprint density at radius 1 is 1.04 bits per heavy atom. The number of benzene rings is 2. The molecule has 28 heavy (non-hydrogen) atoms. The Labute approximate surface area is 168 Å². The average molecular weight is 398 g/mol. The molecule has 0 unspecified atom stereocenters. The van der Waals surface area contributed by atoms with E-state index in [2.05, 4.69) is 15.5 Å². The summed E-state index contributed by atoms with van der Waals surface area (Å²) in [6.45, 7) is 6.51. The van der Waals surface area contributed by atoms with E-state index in [0.29, 0.717) is 11.8 Å². The van der Waals surface area contributed by atoms with E-state index in [1.54, 1.807) is 4.68 Å². The van der Waals surface area contributed by atoms with Gasteiger partial charge in [0, 0.05) is 0 Å². The highest BCUT2D eigenvalue weighted by Gasteiger charge is 2.14. The summed E-state index contributed by atoms with van der Waals surface area (Å²) < 4.78 is 12.4. The monoisotopic (exact) mass is 398 g/mol. The van der Waals surface area contributed by atoms with Gasteiger partial charge in [0.15, 0.2) is 0 Å². The lowest BCUT2D eigenvalue weighted by atomic mass is 10.1. The van der Waals surface area contributed by atoms with Crippen LogP contribution in [0.2, 0.25) is 0 Å². The second-order valence-corrected chi connectivity index (χ2v) is 7.28. The molecule has 7 nitrogen and oxygen atoms in total. The number of aryl methyl sites for hydroxylation is 3. The number of carbonyl (C=O) groups is 1. The molecule has 0 aliphatic carbocycles. The molecule has 0 aliphatic rings. The van der Waals surface area contributed by atoms with Crippen molar-refractivity contribution in [3.05, 3.63) is 59.2 Å². The molecular formula is C20H22N4O3S. The van der Waals surface area contributed by atoms with Crippen molar-refractivity contribution in [3.8, 4) is 11.4 Å². The average Bonchev–Trinajstić information content (AvgIpc) is 3.15. The third kappa shape index (κ3) is 5.32. The molecule has 0 radical (unpaired) electrons. The number of hydrogen-bond acceptors (Lipinski definition) is 7. The van der Waals surface area contributed by atoms with Gasteiger partial charge in [-0.2, -0.15) is 4.68 Å². The molecule has 0 fully saturated rings. The van der Waals surface area contributed by atoms with E-state index in [9.17, 15) is 4.79 Å². The summed E-state index contributed by atoms with van der Waals surface area (Å²) in [7, 11) is 0. The number of ether oxygens (including phenoxy) is 2. The lowest BCUT2D eigenvalue weighted by Gasteiger charge is -2.09. The third-order valence-electron chi connectivity index (χ3n) is 3.99. The second-order valence-electron chi connectivity index (χ2n) is 6.33. The molecule has 1 heterocycles. The van der Waals surface area contributed by atoms with Crippen LogP contribution in [-0.2, 0) is 9.53 Å². The summed E-state index contributed by atoms with van der Waals surface area (Å²) in [6.07, 6.45) is 0. The largest absolute Gasteiger partial charge is 0.490 e. The molecule has 0 amide bonds. The number of esters is 1. The van der Waals surface area contributed by atoms with Gasteiger partial charge in [0.1, 0.15) is 19.0 Å². The number of tetrazole rings is 1. The van der Waals surface area contributed by atoms with Crippen LogP contribution < -0.4 is 4.74 Å². The zero-order chi connectivity index (χ0) is 19.9. The van der Waals surface area contributed by atoms with Gasteiger partial charge in [-0.25, -0.2) is 0 Å². The lowest BCUT2D eigenvalue weighted by molar-refractivity contribution is -0.141. The Bertz CT molecular complexity index is 941. The molecule has 146 valence electrons. The fraction of sp³-hybridized carbons (Fsp3) is 0.300. The van der Waals surface area contributed by atoms with Gasteiger partial charge in [0.25, 0.3) is 0 Å². The summed E-state index contributed by atoms with van der Waals surface area (Å²) in [5.74, 6) is 0.534. The third-order valence-corrected chi connectivity index (χ3v) is 4.88. The maximum atomic E-state index is 12.0. The first-order valence-corrected chi connectivity index (χ1v) is 9.85. The highest BCUT2D eigenvalue weighted by molar-refractivity contribution is 7.99. The molecule has 8 heteroatoms. The molecule has 2 aromatic carbocycles. The fourth-order valence-corrected chi connectivity index (χ4v) is 3.16. The number of rotatable bonds is 8. The van der Waals surface area contributed by atoms with Crippen LogP contribution in [0.3, 0.4) is 0 Å². The summed E-state index contributed by atoms with van der Waals surface area (Å²) in [5, 5.41) is 12.3. The van der Waals surface area contributed by atoms with E-state index >= 15 is 0 Å². The Balaban J connectivity index is 1.47. The van der Waals surface area contributed by atoms with Gasteiger partial charge < -0.3 is 9.47 Å². The molecule has 3 aromatic rings. The topological polar surface area (TPSA) is 79.1 Å². The lowest BCUT2D eigenvalue weighted by Crippen LogP contribution is -2.14. The molecule has 1 aromatic heterocycles. The van der Waals surface area contributed by atoms with Gasteiger partial charge in [0.2, 0.25) is 5.16 Å². The van der Waals surface area contributed by atoms with E-state index in [-0.39, 0.29) is 18.3 Å². The molecule has 0 bridgehead atoms. The van der Waals surface area contributed by atoms with Gasteiger partial charge >= 0.3 is 5.97 Å². The SMILES string of the molecule is Cc1ccc(OCCOC(=O)CSc2nnnn2-c2cc(C)ccc2C)cc1. The van der Waals surface area contributed by atoms with Gasteiger partial charge in [-0.1, -0.05) is 41.6 Å². The van der Waals surface area contributed by atoms with Gasteiger partial charge in [-0.15, -0.1) is 5.10 Å². The van der Waals surface area contributed by atoms with Crippen LogP contribution in [0.15, 0.2) is 47.6 Å². The standard InChI is InChI=1S/C20H22N4O3S/c1-14-5-8-17(9-6-14)26-10-11-27-19(25)13-28-20-21-22-23-24(20)18-12-15(2)4-7-16(18)3/h4-9,12H,10-11,13H2,1-3H3. The molecule has 3 rings (SSSR count). The quantitative estimate of drug-likeness (QED) is 0.327. The van der Waals surface area contributed by atoms with Crippen molar-refractivity contribution in [2.75, 3.05) is 19.0 Å². The van der Waals surface area contributed by atoms with E-state index in [1.807, 2.05) is 63.2 Å². The van der Waals surface area contributed by atoms with Crippen molar-refractivity contribution >= 4 is 17.7 Å². The highest BCUT2D eigenvalue weighted by atomic mass is 32.2. The van der Waals surface area contributed by atoms with Gasteiger partial charge in [-0.3, -0.25) is 4.79 Å². The van der Waals surface area contributed by atoms with Crippen LogP contribution in [0.25, 0.3) is 5.69 Å². The number of aromatic nitrogens is 4. The Morgan fingerprint density at radius 2 is 1.79 bits per heavy atom. The van der Waals surface area contributed by atoms with Crippen molar-refractivity contribution in [1.29, 1.82) is 0 Å². The molecule has 0 N–H and O–H groups in total. The smallest absolute Gasteiger partial charge is 0.316 e. The Hall–Kier alpha value is -2.87.